The zero-order valence-electron chi connectivity index (χ0n) is 10.8. The van der Waals surface area contributed by atoms with Crippen molar-refractivity contribution < 1.29 is 9.57 Å². The van der Waals surface area contributed by atoms with Gasteiger partial charge in [0.05, 0.1) is 13.3 Å². The van der Waals surface area contributed by atoms with Crippen LogP contribution in [0.3, 0.4) is 0 Å². The number of hydrogen-bond acceptors (Lipinski definition) is 6. The van der Waals surface area contributed by atoms with E-state index in [1.165, 1.54) is 12.7 Å². The number of hydrogen-bond donors (Lipinski definition) is 0. The van der Waals surface area contributed by atoms with Crippen LogP contribution in [0.1, 0.15) is 16.3 Å². The lowest BCUT2D eigenvalue weighted by Gasteiger charge is -2.21. The average Bonchev–Trinajstić information content (AvgIpc) is 2.79. The second kappa shape index (κ2) is 5.97. The lowest BCUT2D eigenvalue weighted by atomic mass is 10.1. The molecule has 1 aliphatic rings. The van der Waals surface area contributed by atoms with Crippen LogP contribution in [0, 0.1) is 0 Å². The molecular weight excluding hydrogens is 250 g/mol. The van der Waals surface area contributed by atoms with Gasteiger partial charge >= 0.3 is 0 Å². The molecule has 0 aromatic carbocycles. The fraction of sp³-hybridized carbons (Fsp3) is 0.500. The zero-order chi connectivity index (χ0) is 13.0. The van der Waals surface area contributed by atoms with Crippen LogP contribution in [0.5, 0.6) is 5.88 Å². The number of methoxy groups -OCH3 is 1. The molecule has 0 unspecified atom stereocenters. The molecule has 0 radical (unpaired) electrons. The first kappa shape index (κ1) is 13.0. The Balaban J connectivity index is 2.26. The maximum atomic E-state index is 5.25. The summed E-state index contributed by atoms with van der Waals surface area (Å²) in [5.41, 5.74) is 1.25. The van der Waals surface area contributed by atoms with Crippen molar-refractivity contribution in [3.05, 3.63) is 16.0 Å². The van der Waals surface area contributed by atoms with Gasteiger partial charge < -0.3 is 14.5 Å². The van der Waals surface area contributed by atoms with E-state index in [2.05, 4.69) is 33.0 Å². The van der Waals surface area contributed by atoms with Crippen molar-refractivity contribution in [1.29, 1.82) is 0 Å². The summed E-state index contributed by atoms with van der Waals surface area (Å²) in [6, 6.07) is 0. The number of nitrogens with zero attached hydrogens (tertiary/aromatic N) is 3. The van der Waals surface area contributed by atoms with E-state index in [4.69, 9.17) is 4.74 Å². The Morgan fingerprint density at radius 2 is 2.33 bits per heavy atom. The number of rotatable bonds is 4. The molecule has 0 fully saturated rings. The molecule has 2 heterocycles. The van der Waals surface area contributed by atoms with Gasteiger partial charge in [0, 0.05) is 13.1 Å². The monoisotopic (exact) mass is 267 g/mol. The van der Waals surface area contributed by atoms with Gasteiger partial charge in [-0.15, -0.1) is 11.3 Å². The summed E-state index contributed by atoms with van der Waals surface area (Å²) < 4.78 is 5.25. The summed E-state index contributed by atoms with van der Waals surface area (Å²) in [7, 11) is 5.25. The summed E-state index contributed by atoms with van der Waals surface area (Å²) >= 11 is 1.57. The van der Waals surface area contributed by atoms with Gasteiger partial charge in [0.1, 0.15) is 17.0 Å². The molecule has 5 nitrogen and oxygen atoms in total. The van der Waals surface area contributed by atoms with Crippen LogP contribution in [0.25, 0.3) is 5.57 Å². The molecule has 1 aliphatic heterocycles. The highest BCUT2D eigenvalue weighted by atomic mass is 32.1. The van der Waals surface area contributed by atoms with Crippen molar-refractivity contribution in [3.8, 4) is 5.88 Å². The van der Waals surface area contributed by atoms with Crippen molar-refractivity contribution >= 4 is 23.1 Å². The minimum absolute atomic E-state index is 0.602. The first-order chi connectivity index (χ1) is 8.74. The number of thiazole rings is 1. The smallest absolute Gasteiger partial charge is 0.234 e. The summed E-state index contributed by atoms with van der Waals surface area (Å²) in [5, 5.41) is 4.76. The van der Waals surface area contributed by atoms with Crippen molar-refractivity contribution in [1.82, 2.24) is 9.88 Å². The molecule has 18 heavy (non-hydrogen) atoms. The van der Waals surface area contributed by atoms with E-state index in [-0.39, 0.29) is 0 Å². The molecule has 0 bridgehead atoms. The van der Waals surface area contributed by atoms with E-state index in [0.29, 0.717) is 5.88 Å². The highest BCUT2D eigenvalue weighted by Gasteiger charge is 2.17. The van der Waals surface area contributed by atoms with E-state index in [0.717, 1.165) is 29.4 Å². The van der Waals surface area contributed by atoms with Gasteiger partial charge in [-0.05, 0) is 19.0 Å². The van der Waals surface area contributed by atoms with E-state index >= 15 is 0 Å². The standard InChI is InChI=1S/C12H17N3O2S/c1-15-6-4-5-9(8-15)12-14-11(16-2)10(18-12)7-13-17-3/h5,7H,4,6,8H2,1-3H3/b13-7+. The molecule has 0 amide bonds. The van der Waals surface area contributed by atoms with Crippen LogP contribution in [-0.2, 0) is 4.84 Å². The molecule has 0 aliphatic carbocycles. The van der Waals surface area contributed by atoms with Gasteiger partial charge in [-0.2, -0.15) is 0 Å². The zero-order valence-corrected chi connectivity index (χ0v) is 11.7. The third-order valence-corrected chi connectivity index (χ3v) is 3.75. The van der Waals surface area contributed by atoms with E-state index in [1.54, 1.807) is 24.7 Å². The largest absolute Gasteiger partial charge is 0.480 e. The third kappa shape index (κ3) is 2.88. The Hall–Kier alpha value is -1.40. The first-order valence-electron chi connectivity index (χ1n) is 5.74. The number of likely N-dealkylation sites (N-methyl/N-ethyl adjacent to an activating group) is 1. The van der Waals surface area contributed by atoms with Gasteiger partial charge in [0.15, 0.2) is 0 Å². The molecule has 6 heteroatoms. The predicted molar refractivity (Wildman–Crippen MR) is 73.4 cm³/mol. The van der Waals surface area contributed by atoms with Crippen LogP contribution in [0.2, 0.25) is 0 Å². The highest BCUT2D eigenvalue weighted by molar-refractivity contribution is 7.14. The van der Waals surface area contributed by atoms with Crippen LogP contribution < -0.4 is 4.74 Å². The SMILES string of the molecule is CO/N=C/c1sc(C2=CCCN(C)C2)nc1OC. The summed E-state index contributed by atoms with van der Waals surface area (Å²) in [5.74, 6) is 0.602. The van der Waals surface area contributed by atoms with Crippen LogP contribution in [-0.4, -0.2) is 50.5 Å². The van der Waals surface area contributed by atoms with Crippen molar-refractivity contribution in [2.45, 2.75) is 6.42 Å². The lowest BCUT2D eigenvalue weighted by Crippen LogP contribution is -2.24. The van der Waals surface area contributed by atoms with Crippen LogP contribution in [0.15, 0.2) is 11.2 Å². The van der Waals surface area contributed by atoms with E-state index in [9.17, 15) is 0 Å². The minimum atomic E-state index is 0.602. The molecule has 0 spiro atoms. The fourth-order valence-electron chi connectivity index (χ4n) is 1.83. The Labute approximate surface area is 111 Å². The van der Waals surface area contributed by atoms with Crippen molar-refractivity contribution in [3.63, 3.8) is 0 Å². The third-order valence-electron chi connectivity index (χ3n) is 2.71. The number of aromatic nitrogens is 1. The number of ether oxygens (including phenoxy) is 1. The van der Waals surface area contributed by atoms with Gasteiger partial charge in [-0.25, -0.2) is 4.98 Å². The second-order valence-corrected chi connectivity index (χ2v) is 5.10. The molecule has 2 rings (SSSR count). The average molecular weight is 267 g/mol. The van der Waals surface area contributed by atoms with Gasteiger partial charge in [0.2, 0.25) is 5.88 Å². The highest BCUT2D eigenvalue weighted by Crippen LogP contribution is 2.30. The maximum Gasteiger partial charge on any atom is 0.234 e. The van der Waals surface area contributed by atoms with Gasteiger partial charge in [-0.3, -0.25) is 0 Å². The van der Waals surface area contributed by atoms with Crippen molar-refractivity contribution in [2.75, 3.05) is 34.4 Å². The Bertz CT molecular complexity index is 468. The predicted octanol–water partition coefficient (Wildman–Crippen LogP) is 1.85. The molecule has 1 aromatic rings. The molecule has 0 N–H and O–H groups in total. The number of oxime groups is 1. The summed E-state index contributed by atoms with van der Waals surface area (Å²) in [4.78, 5) is 12.3. The Kier molecular flexibility index (Phi) is 4.33. The minimum Gasteiger partial charge on any atom is -0.480 e. The molecule has 0 saturated carbocycles. The molecule has 98 valence electrons. The first-order valence-corrected chi connectivity index (χ1v) is 6.55. The second-order valence-electron chi connectivity index (χ2n) is 4.07. The quantitative estimate of drug-likeness (QED) is 0.617. The van der Waals surface area contributed by atoms with Crippen molar-refractivity contribution in [2.24, 2.45) is 5.16 Å². The molecular formula is C12H17N3O2S. The summed E-state index contributed by atoms with van der Waals surface area (Å²) in [6.07, 6.45) is 4.94. The summed E-state index contributed by atoms with van der Waals surface area (Å²) in [6.45, 7) is 2.03. The van der Waals surface area contributed by atoms with E-state index in [1.807, 2.05) is 0 Å². The molecule has 0 atom stereocenters. The van der Waals surface area contributed by atoms with Crippen LogP contribution >= 0.6 is 11.3 Å². The topological polar surface area (TPSA) is 47.0 Å². The maximum absolute atomic E-state index is 5.25. The Morgan fingerprint density at radius 3 is 3.00 bits per heavy atom. The van der Waals surface area contributed by atoms with Gasteiger partial charge in [-0.1, -0.05) is 11.2 Å². The molecule has 0 saturated heterocycles. The molecule has 1 aromatic heterocycles. The van der Waals surface area contributed by atoms with Crippen LogP contribution in [0.4, 0.5) is 0 Å². The lowest BCUT2D eigenvalue weighted by molar-refractivity contribution is 0.215. The fourth-order valence-corrected chi connectivity index (χ4v) is 2.76. The van der Waals surface area contributed by atoms with Gasteiger partial charge in [0.25, 0.3) is 0 Å². The van der Waals surface area contributed by atoms with E-state index < -0.39 is 0 Å². The normalized spacial score (nSPS) is 16.9. The Morgan fingerprint density at radius 1 is 1.50 bits per heavy atom.